The Balaban J connectivity index is 1.60. The third-order valence-electron chi connectivity index (χ3n) is 4.00. The minimum Gasteiger partial charge on any atom is -0.469 e. The zero-order valence-corrected chi connectivity index (χ0v) is 16.2. The summed E-state index contributed by atoms with van der Waals surface area (Å²) in [5.74, 6) is 1.15. The van der Waals surface area contributed by atoms with Gasteiger partial charge in [-0.15, -0.1) is 16.8 Å². The van der Waals surface area contributed by atoms with Gasteiger partial charge >= 0.3 is 0 Å². The van der Waals surface area contributed by atoms with Crippen molar-refractivity contribution in [2.75, 3.05) is 12.3 Å². The maximum Gasteiger partial charge on any atom is 0.230 e. The molecule has 0 aliphatic heterocycles. The zero-order chi connectivity index (χ0) is 19.9. The Hall–Kier alpha value is -3.13. The van der Waals surface area contributed by atoms with Crippen molar-refractivity contribution in [2.45, 2.75) is 18.6 Å². The number of Topliss-reactive ketones (excluding diaryl/α,β-unsaturated/α-hetero) is 1. The molecular weight excluding hydrogens is 376 g/mol. The third-order valence-corrected chi connectivity index (χ3v) is 4.97. The molecule has 0 aliphatic carbocycles. The predicted octanol–water partition coefficient (Wildman–Crippen LogP) is 3.12. The second-order valence-electron chi connectivity index (χ2n) is 5.95. The van der Waals surface area contributed by atoms with Crippen LogP contribution in [-0.2, 0) is 11.3 Å². The van der Waals surface area contributed by atoms with Gasteiger partial charge in [0.05, 0.1) is 24.1 Å². The molecule has 0 unspecified atom stereocenters. The minimum absolute atomic E-state index is 0.0395. The van der Waals surface area contributed by atoms with E-state index in [-0.39, 0.29) is 24.0 Å². The number of aromatic nitrogens is 3. The van der Waals surface area contributed by atoms with Gasteiger partial charge in [-0.05, 0) is 13.0 Å². The van der Waals surface area contributed by atoms with E-state index in [0.29, 0.717) is 23.1 Å². The number of rotatable bonds is 9. The SMILES string of the molecule is C=CCn1c(SCC(=O)NCC(=O)c2ccccc2)nnc1-c1ccoc1C. The largest absolute Gasteiger partial charge is 0.469 e. The normalized spacial score (nSPS) is 10.6. The maximum absolute atomic E-state index is 12.1. The predicted molar refractivity (Wildman–Crippen MR) is 107 cm³/mol. The van der Waals surface area contributed by atoms with Gasteiger partial charge in [0.25, 0.3) is 0 Å². The van der Waals surface area contributed by atoms with Crippen LogP contribution in [0.3, 0.4) is 0 Å². The van der Waals surface area contributed by atoms with Gasteiger partial charge in [0.2, 0.25) is 5.91 Å². The number of furan rings is 1. The summed E-state index contributed by atoms with van der Waals surface area (Å²) in [6, 6.07) is 10.7. The average Bonchev–Trinajstić information content (AvgIpc) is 3.31. The molecule has 0 fully saturated rings. The minimum atomic E-state index is -0.247. The van der Waals surface area contributed by atoms with Crippen LogP contribution in [0.25, 0.3) is 11.4 Å². The maximum atomic E-state index is 12.1. The highest BCUT2D eigenvalue weighted by molar-refractivity contribution is 7.99. The lowest BCUT2D eigenvalue weighted by Crippen LogP contribution is -2.30. The molecule has 0 spiro atoms. The second kappa shape index (κ2) is 9.18. The Bertz CT molecular complexity index is 979. The lowest BCUT2D eigenvalue weighted by atomic mass is 10.1. The third kappa shape index (κ3) is 4.58. The molecule has 2 aromatic heterocycles. The molecule has 1 aromatic carbocycles. The van der Waals surface area contributed by atoms with E-state index < -0.39 is 0 Å². The van der Waals surface area contributed by atoms with Crippen molar-refractivity contribution >= 4 is 23.5 Å². The van der Waals surface area contributed by atoms with E-state index in [2.05, 4.69) is 22.1 Å². The lowest BCUT2D eigenvalue weighted by Gasteiger charge is -2.07. The zero-order valence-electron chi connectivity index (χ0n) is 15.4. The highest BCUT2D eigenvalue weighted by Gasteiger charge is 2.17. The van der Waals surface area contributed by atoms with Crippen molar-refractivity contribution in [2.24, 2.45) is 0 Å². The van der Waals surface area contributed by atoms with Crippen LogP contribution >= 0.6 is 11.8 Å². The van der Waals surface area contributed by atoms with Crippen molar-refractivity contribution in [3.63, 3.8) is 0 Å². The summed E-state index contributed by atoms with van der Waals surface area (Å²) in [5, 5.41) is 11.7. The first-order valence-electron chi connectivity index (χ1n) is 8.66. The Labute approximate surface area is 166 Å². The summed E-state index contributed by atoms with van der Waals surface area (Å²) < 4.78 is 7.21. The summed E-state index contributed by atoms with van der Waals surface area (Å²) in [7, 11) is 0. The molecule has 3 rings (SSSR count). The monoisotopic (exact) mass is 396 g/mol. The molecule has 144 valence electrons. The standard InChI is InChI=1S/C20H20N4O3S/c1-3-10-24-19(16-9-11-27-14(16)2)22-23-20(24)28-13-18(26)21-12-17(25)15-7-5-4-6-8-15/h3-9,11H,1,10,12-13H2,2H3,(H,21,26). The quantitative estimate of drug-likeness (QED) is 0.340. The second-order valence-corrected chi connectivity index (χ2v) is 6.89. The van der Waals surface area contributed by atoms with E-state index in [0.717, 1.165) is 11.3 Å². The summed E-state index contributed by atoms with van der Waals surface area (Å²) in [6.07, 6.45) is 3.34. The fourth-order valence-corrected chi connectivity index (χ4v) is 3.37. The summed E-state index contributed by atoms with van der Waals surface area (Å²) >= 11 is 1.25. The van der Waals surface area contributed by atoms with Gasteiger partial charge in [-0.1, -0.05) is 48.2 Å². The smallest absolute Gasteiger partial charge is 0.230 e. The van der Waals surface area contributed by atoms with Crippen LogP contribution in [-0.4, -0.2) is 38.8 Å². The number of aryl methyl sites for hydroxylation is 1. The number of carbonyl (C=O) groups excluding carboxylic acids is 2. The highest BCUT2D eigenvalue weighted by atomic mass is 32.2. The first kappa shape index (κ1) is 19.6. The molecule has 28 heavy (non-hydrogen) atoms. The van der Waals surface area contributed by atoms with Crippen molar-refractivity contribution in [3.05, 3.63) is 66.6 Å². The van der Waals surface area contributed by atoms with Crippen LogP contribution in [0.15, 0.2) is 64.9 Å². The lowest BCUT2D eigenvalue weighted by molar-refractivity contribution is -0.118. The van der Waals surface area contributed by atoms with Gasteiger partial charge in [0.15, 0.2) is 16.8 Å². The molecule has 2 heterocycles. The number of hydrogen-bond donors (Lipinski definition) is 1. The molecular formula is C20H20N4O3S. The molecule has 0 saturated carbocycles. The Kier molecular flexibility index (Phi) is 6.44. The van der Waals surface area contributed by atoms with E-state index in [9.17, 15) is 9.59 Å². The van der Waals surface area contributed by atoms with Crippen molar-refractivity contribution in [3.8, 4) is 11.4 Å². The van der Waals surface area contributed by atoms with Crippen molar-refractivity contribution in [1.82, 2.24) is 20.1 Å². The number of carbonyl (C=O) groups is 2. The number of amides is 1. The number of allylic oxidation sites excluding steroid dienone is 1. The fourth-order valence-electron chi connectivity index (χ4n) is 2.59. The summed E-state index contributed by atoms with van der Waals surface area (Å²) in [6.45, 7) is 6.09. The molecule has 0 aliphatic rings. The molecule has 1 N–H and O–H groups in total. The van der Waals surface area contributed by atoms with Gasteiger partial charge in [0, 0.05) is 12.1 Å². The molecule has 1 amide bonds. The van der Waals surface area contributed by atoms with Crippen LogP contribution < -0.4 is 5.32 Å². The van der Waals surface area contributed by atoms with Gasteiger partial charge in [-0.25, -0.2) is 0 Å². The first-order chi connectivity index (χ1) is 13.6. The van der Waals surface area contributed by atoms with E-state index in [1.54, 1.807) is 36.6 Å². The van der Waals surface area contributed by atoms with Crippen LogP contribution in [0.5, 0.6) is 0 Å². The number of nitrogens with zero attached hydrogens (tertiary/aromatic N) is 3. The number of benzene rings is 1. The topological polar surface area (TPSA) is 90.0 Å². The first-order valence-corrected chi connectivity index (χ1v) is 9.65. The summed E-state index contributed by atoms with van der Waals surface area (Å²) in [5.41, 5.74) is 1.42. The Morgan fingerprint density at radius 1 is 1.25 bits per heavy atom. The van der Waals surface area contributed by atoms with Crippen molar-refractivity contribution in [1.29, 1.82) is 0 Å². The van der Waals surface area contributed by atoms with E-state index >= 15 is 0 Å². The van der Waals surface area contributed by atoms with E-state index in [4.69, 9.17) is 4.42 Å². The van der Waals surface area contributed by atoms with Gasteiger partial charge < -0.3 is 9.73 Å². The molecule has 7 nitrogen and oxygen atoms in total. The van der Waals surface area contributed by atoms with Crippen LogP contribution in [0.2, 0.25) is 0 Å². The molecule has 8 heteroatoms. The highest BCUT2D eigenvalue weighted by Crippen LogP contribution is 2.26. The van der Waals surface area contributed by atoms with E-state index in [1.807, 2.05) is 23.6 Å². The Morgan fingerprint density at radius 2 is 2.04 bits per heavy atom. The average molecular weight is 396 g/mol. The van der Waals surface area contributed by atoms with E-state index in [1.165, 1.54) is 11.8 Å². The van der Waals surface area contributed by atoms with Gasteiger partial charge in [-0.3, -0.25) is 14.2 Å². The van der Waals surface area contributed by atoms with Gasteiger partial charge in [0.1, 0.15) is 5.76 Å². The number of ketones is 1. The van der Waals surface area contributed by atoms with Crippen LogP contribution in [0, 0.1) is 6.92 Å². The molecule has 3 aromatic rings. The number of nitrogens with one attached hydrogen (secondary N) is 1. The number of hydrogen-bond acceptors (Lipinski definition) is 6. The molecule has 0 bridgehead atoms. The van der Waals surface area contributed by atoms with Crippen molar-refractivity contribution < 1.29 is 14.0 Å². The fraction of sp³-hybridized carbons (Fsp3) is 0.200. The molecule has 0 atom stereocenters. The number of thioether (sulfide) groups is 1. The Morgan fingerprint density at radius 3 is 2.71 bits per heavy atom. The van der Waals surface area contributed by atoms with Gasteiger partial charge in [-0.2, -0.15) is 0 Å². The molecule has 0 saturated heterocycles. The summed E-state index contributed by atoms with van der Waals surface area (Å²) in [4.78, 5) is 24.2. The molecule has 0 radical (unpaired) electrons. The van der Waals surface area contributed by atoms with Crippen LogP contribution in [0.4, 0.5) is 0 Å². The van der Waals surface area contributed by atoms with Crippen LogP contribution in [0.1, 0.15) is 16.1 Å².